The van der Waals surface area contributed by atoms with Gasteiger partial charge in [0.15, 0.2) is 0 Å². The third-order valence-corrected chi connectivity index (χ3v) is 4.12. The normalized spacial score (nSPS) is 11.1. The van der Waals surface area contributed by atoms with E-state index in [1.807, 2.05) is 6.92 Å². The van der Waals surface area contributed by atoms with Crippen molar-refractivity contribution in [2.75, 3.05) is 32.8 Å². The number of nitrogens with two attached hydrogens (primary N) is 1. The van der Waals surface area contributed by atoms with Crippen molar-refractivity contribution in [1.29, 1.82) is 0 Å². The molecule has 2 aromatic carbocycles. The van der Waals surface area contributed by atoms with Crippen LogP contribution in [0.25, 0.3) is 0 Å². The van der Waals surface area contributed by atoms with Crippen LogP contribution in [0.5, 0.6) is 0 Å². The fourth-order valence-corrected chi connectivity index (χ4v) is 2.35. The highest BCUT2D eigenvalue weighted by atomic mass is 19.1. The van der Waals surface area contributed by atoms with Crippen LogP contribution in [-0.4, -0.2) is 44.7 Å². The van der Waals surface area contributed by atoms with Gasteiger partial charge >= 0.3 is 0 Å². The molecule has 0 radical (unpaired) electrons. The first-order valence-corrected chi connectivity index (χ1v) is 11.3. The van der Waals surface area contributed by atoms with E-state index in [0.717, 1.165) is 19.6 Å². The molecule has 1 aliphatic rings. The minimum atomic E-state index is -0.384. The Morgan fingerprint density at radius 2 is 1.26 bits per heavy atom. The molecule has 0 bridgehead atoms. The Morgan fingerprint density at radius 3 is 1.60 bits per heavy atom. The van der Waals surface area contributed by atoms with Crippen LogP contribution in [0.3, 0.4) is 0 Å². The number of carbonyl (C=O) groups excluding carboxylic acids is 2. The molecule has 0 saturated carbocycles. The Bertz CT molecular complexity index is 927. The first-order chi connectivity index (χ1) is 16.9. The zero-order valence-electron chi connectivity index (χ0n) is 19.8. The second-order valence-electron chi connectivity index (χ2n) is 7.13. The van der Waals surface area contributed by atoms with Crippen molar-refractivity contribution in [3.05, 3.63) is 71.3 Å². The van der Waals surface area contributed by atoms with E-state index >= 15 is 0 Å². The van der Waals surface area contributed by atoms with E-state index in [0.29, 0.717) is 30.8 Å². The van der Waals surface area contributed by atoms with Crippen molar-refractivity contribution in [3.8, 4) is 23.7 Å². The molecule has 2 aromatic rings. The van der Waals surface area contributed by atoms with E-state index in [9.17, 15) is 18.4 Å². The molecule has 1 fully saturated rings. The van der Waals surface area contributed by atoms with E-state index in [-0.39, 0.29) is 23.4 Å². The molecule has 1 heterocycles. The molecule has 6 nitrogen and oxygen atoms in total. The van der Waals surface area contributed by atoms with Crippen molar-refractivity contribution in [2.45, 2.75) is 26.2 Å². The van der Waals surface area contributed by atoms with E-state index in [1.54, 1.807) is 0 Å². The number of hydrogen-bond acceptors (Lipinski definition) is 4. The third-order valence-electron chi connectivity index (χ3n) is 4.12. The number of ether oxygens (including phenoxy) is 1. The molecule has 3 rings (SSSR count). The fraction of sp³-hybridized carbons (Fsp3) is 0.333. The lowest BCUT2D eigenvalue weighted by molar-refractivity contribution is -0.116. The summed E-state index contributed by atoms with van der Waals surface area (Å²) in [6, 6.07) is 11.3. The summed E-state index contributed by atoms with van der Waals surface area (Å²) in [4.78, 5) is 22.1. The Morgan fingerprint density at radius 1 is 0.829 bits per heavy atom. The number of benzene rings is 2. The number of rotatable bonds is 4. The number of carbonyl (C=O) groups is 2. The van der Waals surface area contributed by atoms with Gasteiger partial charge in [-0.2, -0.15) is 0 Å². The first kappa shape index (κ1) is 29.3. The first-order valence-electron chi connectivity index (χ1n) is 11.3. The molecule has 35 heavy (non-hydrogen) atoms. The number of hydrogen-bond donors (Lipinski definition) is 3. The SMILES string of the molecule is C1CCOC1.CCCNC(=O)C#Cc1ccc(F)cc1.NCCNC(=O)C#Cc1ccc(F)cc1. The Kier molecular flexibility index (Phi) is 15.6. The average molecular weight is 484 g/mol. The van der Waals surface area contributed by atoms with Gasteiger partial charge in [0, 0.05) is 55.8 Å². The molecular weight excluding hydrogens is 452 g/mol. The molecule has 0 spiro atoms. The molecule has 1 aliphatic heterocycles. The van der Waals surface area contributed by atoms with Crippen LogP contribution in [0.15, 0.2) is 48.5 Å². The monoisotopic (exact) mass is 483 g/mol. The van der Waals surface area contributed by atoms with E-state index in [4.69, 9.17) is 10.5 Å². The molecule has 0 unspecified atom stereocenters. The summed E-state index contributed by atoms with van der Waals surface area (Å²) in [7, 11) is 0. The predicted molar refractivity (Wildman–Crippen MR) is 132 cm³/mol. The second-order valence-corrected chi connectivity index (χ2v) is 7.13. The van der Waals surface area contributed by atoms with Gasteiger partial charge in [-0.25, -0.2) is 8.78 Å². The molecule has 0 aliphatic carbocycles. The third kappa shape index (κ3) is 15.7. The minimum Gasteiger partial charge on any atom is -0.381 e. The average Bonchev–Trinajstić information content (AvgIpc) is 3.46. The van der Waals surface area contributed by atoms with Gasteiger partial charge in [-0.05, 0) is 67.8 Å². The van der Waals surface area contributed by atoms with Crippen molar-refractivity contribution in [2.24, 2.45) is 5.73 Å². The summed E-state index contributed by atoms with van der Waals surface area (Å²) in [5.41, 5.74) is 6.42. The highest BCUT2D eigenvalue weighted by Gasteiger charge is 1.95. The zero-order valence-corrected chi connectivity index (χ0v) is 19.8. The second kappa shape index (κ2) is 18.7. The molecule has 0 aromatic heterocycles. The maximum absolute atomic E-state index is 12.5. The van der Waals surface area contributed by atoms with Gasteiger partial charge in [0.1, 0.15) is 11.6 Å². The number of nitrogens with one attached hydrogen (secondary N) is 2. The molecule has 2 amide bonds. The molecule has 1 saturated heterocycles. The number of amides is 2. The van der Waals surface area contributed by atoms with Gasteiger partial charge in [0.05, 0.1) is 0 Å². The lowest BCUT2D eigenvalue weighted by Gasteiger charge is -1.94. The van der Waals surface area contributed by atoms with Gasteiger partial charge in [-0.1, -0.05) is 18.8 Å². The van der Waals surface area contributed by atoms with E-state index in [2.05, 4.69) is 34.3 Å². The summed E-state index contributed by atoms with van der Waals surface area (Å²) in [6.07, 6.45) is 3.43. The summed E-state index contributed by atoms with van der Waals surface area (Å²) in [5, 5.41) is 5.13. The van der Waals surface area contributed by atoms with Gasteiger partial charge < -0.3 is 21.1 Å². The van der Waals surface area contributed by atoms with Crippen molar-refractivity contribution in [3.63, 3.8) is 0 Å². The molecule has 8 heteroatoms. The summed E-state index contributed by atoms with van der Waals surface area (Å²) >= 11 is 0. The van der Waals surface area contributed by atoms with Crippen LogP contribution in [0.1, 0.15) is 37.3 Å². The van der Waals surface area contributed by atoms with Crippen molar-refractivity contribution < 1.29 is 23.1 Å². The molecule has 186 valence electrons. The zero-order chi connectivity index (χ0) is 25.7. The summed E-state index contributed by atoms with van der Waals surface area (Å²) in [6.45, 7) is 5.37. The smallest absolute Gasteiger partial charge is 0.296 e. The Hall–Kier alpha value is -3.72. The maximum atomic E-state index is 12.5. The van der Waals surface area contributed by atoms with Crippen molar-refractivity contribution in [1.82, 2.24) is 10.6 Å². The van der Waals surface area contributed by atoms with Gasteiger partial charge in [-0.15, -0.1) is 0 Å². The van der Waals surface area contributed by atoms with Crippen LogP contribution in [-0.2, 0) is 14.3 Å². The topological polar surface area (TPSA) is 93.4 Å². The fourth-order valence-electron chi connectivity index (χ4n) is 2.35. The molecular formula is C27H31F2N3O3. The summed E-state index contributed by atoms with van der Waals surface area (Å²) < 4.78 is 30.0. The number of halogens is 2. The van der Waals surface area contributed by atoms with Gasteiger partial charge in [0.25, 0.3) is 11.8 Å². The van der Waals surface area contributed by atoms with Gasteiger partial charge in [0.2, 0.25) is 0 Å². The van der Waals surface area contributed by atoms with Crippen LogP contribution >= 0.6 is 0 Å². The van der Waals surface area contributed by atoms with E-state index in [1.165, 1.54) is 61.4 Å². The highest BCUT2D eigenvalue weighted by molar-refractivity contribution is 5.94. The standard InChI is InChI=1S/C12H12FNO.C11H11FN2O.C4H8O/c1-2-9-14-12(15)8-5-10-3-6-11(13)7-4-10;12-10-4-1-9(2-5-10)3-6-11(15)14-8-7-13;1-2-4-5-3-1/h3-4,6-7H,2,9H2,1H3,(H,14,15);1-2,4-5H,7-8,13H2,(H,14,15);1-4H2. The molecule has 0 atom stereocenters. The Labute approximate surface area is 205 Å². The van der Waals surface area contributed by atoms with E-state index < -0.39 is 0 Å². The maximum Gasteiger partial charge on any atom is 0.296 e. The Balaban J connectivity index is 0.000000292. The summed E-state index contributed by atoms with van der Waals surface area (Å²) in [5.74, 6) is 8.74. The minimum absolute atomic E-state index is 0.304. The van der Waals surface area contributed by atoms with Gasteiger partial charge in [-0.3, -0.25) is 9.59 Å². The predicted octanol–water partition coefficient (Wildman–Crippen LogP) is 2.75. The van der Waals surface area contributed by atoms with Crippen LogP contribution in [0.2, 0.25) is 0 Å². The highest BCUT2D eigenvalue weighted by Crippen LogP contribution is 2.01. The van der Waals surface area contributed by atoms with Crippen LogP contribution < -0.4 is 16.4 Å². The lowest BCUT2D eigenvalue weighted by Crippen LogP contribution is -2.27. The molecule has 4 N–H and O–H groups in total. The quantitative estimate of drug-likeness (QED) is 0.583. The largest absolute Gasteiger partial charge is 0.381 e. The lowest BCUT2D eigenvalue weighted by atomic mass is 10.2. The van der Waals surface area contributed by atoms with Crippen LogP contribution in [0, 0.1) is 35.3 Å². The van der Waals surface area contributed by atoms with Crippen LogP contribution in [0.4, 0.5) is 8.78 Å². The van der Waals surface area contributed by atoms with Crippen molar-refractivity contribution >= 4 is 11.8 Å².